The van der Waals surface area contributed by atoms with Gasteiger partial charge in [0.25, 0.3) is 5.91 Å². The molecule has 1 N–H and O–H groups in total. The van der Waals surface area contributed by atoms with E-state index in [1.807, 2.05) is 0 Å². The van der Waals surface area contributed by atoms with Crippen molar-refractivity contribution in [2.24, 2.45) is 5.10 Å². The summed E-state index contributed by atoms with van der Waals surface area (Å²) in [5.74, 6) is 0.108. The van der Waals surface area contributed by atoms with Gasteiger partial charge in [0, 0.05) is 10.0 Å². The highest BCUT2D eigenvalue weighted by Gasteiger charge is 2.08. The summed E-state index contributed by atoms with van der Waals surface area (Å²) in [5.41, 5.74) is 3.27. The highest BCUT2D eigenvalue weighted by Crippen LogP contribution is 2.24. The van der Waals surface area contributed by atoms with Gasteiger partial charge in [0.05, 0.1) is 11.8 Å². The molecule has 1 amide bonds. The Balaban J connectivity index is 1.66. The van der Waals surface area contributed by atoms with Crippen molar-refractivity contribution in [1.82, 2.24) is 5.43 Å². The van der Waals surface area contributed by atoms with Gasteiger partial charge in [-0.1, -0.05) is 28.1 Å². The van der Waals surface area contributed by atoms with Crippen molar-refractivity contribution in [3.05, 3.63) is 82.3 Å². The first-order chi connectivity index (χ1) is 11.6. The Bertz CT molecular complexity index is 888. The molecule has 2 aromatic carbocycles. The summed E-state index contributed by atoms with van der Waals surface area (Å²) in [4.78, 5) is 11.9. The number of carbonyl (C=O) groups excluding carboxylic acids is 1. The lowest BCUT2D eigenvalue weighted by Crippen LogP contribution is -2.17. The van der Waals surface area contributed by atoms with Gasteiger partial charge in [-0.05, 0) is 48.5 Å². The van der Waals surface area contributed by atoms with Gasteiger partial charge in [-0.3, -0.25) is 4.79 Å². The highest BCUT2D eigenvalue weighted by atomic mass is 79.9. The number of amides is 1. The molecular formula is C18H12BrFN2O2. The van der Waals surface area contributed by atoms with Crippen LogP contribution in [0, 0.1) is 5.82 Å². The molecule has 0 atom stereocenters. The SMILES string of the molecule is O=C(N/N=C\c1ccc(-c2ccccc2F)o1)c1ccc(Br)cc1. The molecule has 0 aliphatic rings. The Morgan fingerprint density at radius 1 is 1.08 bits per heavy atom. The van der Waals surface area contributed by atoms with Crippen LogP contribution in [0.25, 0.3) is 11.3 Å². The minimum absolute atomic E-state index is 0.334. The number of hydrogen-bond acceptors (Lipinski definition) is 3. The van der Waals surface area contributed by atoms with E-state index in [2.05, 4.69) is 26.5 Å². The second-order valence-electron chi connectivity index (χ2n) is 4.89. The zero-order valence-electron chi connectivity index (χ0n) is 12.4. The molecule has 0 aliphatic heterocycles. The zero-order valence-corrected chi connectivity index (χ0v) is 14.0. The maximum atomic E-state index is 13.7. The average molecular weight is 387 g/mol. The monoisotopic (exact) mass is 386 g/mol. The van der Waals surface area contributed by atoms with Crippen molar-refractivity contribution in [3.63, 3.8) is 0 Å². The van der Waals surface area contributed by atoms with E-state index < -0.39 is 0 Å². The van der Waals surface area contributed by atoms with Gasteiger partial charge < -0.3 is 4.42 Å². The average Bonchev–Trinajstić information content (AvgIpc) is 3.04. The van der Waals surface area contributed by atoms with Crippen LogP contribution < -0.4 is 5.43 Å². The normalized spacial score (nSPS) is 10.9. The first-order valence-electron chi connectivity index (χ1n) is 7.07. The summed E-state index contributed by atoms with van der Waals surface area (Å²) in [6.07, 6.45) is 1.36. The van der Waals surface area contributed by atoms with Gasteiger partial charge in [0.1, 0.15) is 17.3 Å². The maximum Gasteiger partial charge on any atom is 0.271 e. The lowest BCUT2D eigenvalue weighted by atomic mass is 10.1. The van der Waals surface area contributed by atoms with Crippen LogP contribution in [0.1, 0.15) is 16.1 Å². The number of benzene rings is 2. The molecule has 0 aliphatic carbocycles. The summed E-state index contributed by atoms with van der Waals surface area (Å²) in [5, 5.41) is 3.85. The molecule has 0 saturated carbocycles. The molecule has 0 spiro atoms. The third kappa shape index (κ3) is 3.78. The van der Waals surface area contributed by atoms with Crippen LogP contribution in [-0.4, -0.2) is 12.1 Å². The summed E-state index contributed by atoms with van der Waals surface area (Å²) < 4.78 is 20.1. The summed E-state index contributed by atoms with van der Waals surface area (Å²) in [6, 6.07) is 16.5. The molecule has 0 radical (unpaired) electrons. The van der Waals surface area contributed by atoms with Gasteiger partial charge in [0.15, 0.2) is 0 Å². The quantitative estimate of drug-likeness (QED) is 0.525. The van der Waals surface area contributed by atoms with Crippen LogP contribution in [0.5, 0.6) is 0 Å². The zero-order chi connectivity index (χ0) is 16.9. The summed E-state index contributed by atoms with van der Waals surface area (Å²) in [6.45, 7) is 0. The van der Waals surface area contributed by atoms with Crippen molar-refractivity contribution in [1.29, 1.82) is 0 Å². The first-order valence-corrected chi connectivity index (χ1v) is 7.86. The standard InChI is InChI=1S/C18H12BrFN2O2/c19-13-7-5-12(6-8-13)18(23)22-21-11-14-9-10-17(24-14)15-3-1-2-4-16(15)20/h1-11H,(H,22,23)/b21-11-. The number of carbonyl (C=O) groups is 1. The number of hydrogen-bond donors (Lipinski definition) is 1. The molecule has 6 heteroatoms. The predicted molar refractivity (Wildman–Crippen MR) is 93.3 cm³/mol. The van der Waals surface area contributed by atoms with Crippen molar-refractivity contribution in [2.75, 3.05) is 0 Å². The molecule has 4 nitrogen and oxygen atoms in total. The lowest BCUT2D eigenvalue weighted by Gasteiger charge is -1.99. The molecule has 0 bridgehead atoms. The number of furan rings is 1. The second-order valence-corrected chi connectivity index (χ2v) is 5.80. The van der Waals surface area contributed by atoms with Crippen molar-refractivity contribution in [2.45, 2.75) is 0 Å². The third-order valence-corrected chi connectivity index (χ3v) is 3.76. The van der Waals surface area contributed by atoms with Gasteiger partial charge in [0.2, 0.25) is 0 Å². The minimum atomic E-state index is -0.362. The fourth-order valence-corrected chi connectivity index (χ4v) is 2.31. The van der Waals surface area contributed by atoms with E-state index in [0.29, 0.717) is 22.6 Å². The number of rotatable bonds is 4. The van der Waals surface area contributed by atoms with Crippen molar-refractivity contribution < 1.29 is 13.6 Å². The third-order valence-electron chi connectivity index (χ3n) is 3.23. The van der Waals surface area contributed by atoms with Crippen LogP contribution in [0.4, 0.5) is 4.39 Å². The highest BCUT2D eigenvalue weighted by molar-refractivity contribution is 9.10. The van der Waals surface area contributed by atoms with E-state index in [-0.39, 0.29) is 11.7 Å². The molecule has 120 valence electrons. The molecule has 1 aromatic heterocycles. The van der Waals surface area contributed by atoms with Crippen LogP contribution in [-0.2, 0) is 0 Å². The van der Waals surface area contributed by atoms with Crippen LogP contribution >= 0.6 is 15.9 Å². The maximum absolute atomic E-state index is 13.7. The fourth-order valence-electron chi connectivity index (χ4n) is 2.05. The molecular weight excluding hydrogens is 375 g/mol. The van der Waals surface area contributed by atoms with Crippen LogP contribution in [0.2, 0.25) is 0 Å². The molecule has 3 aromatic rings. The second kappa shape index (κ2) is 7.23. The number of hydrazone groups is 1. The van der Waals surface area contributed by atoms with E-state index in [0.717, 1.165) is 4.47 Å². The first kappa shape index (κ1) is 16.1. The molecule has 1 heterocycles. The Morgan fingerprint density at radius 3 is 2.58 bits per heavy atom. The van der Waals surface area contributed by atoms with Crippen molar-refractivity contribution >= 4 is 28.1 Å². The van der Waals surface area contributed by atoms with Crippen LogP contribution in [0.3, 0.4) is 0 Å². The summed E-state index contributed by atoms with van der Waals surface area (Å²) >= 11 is 3.30. The number of nitrogens with zero attached hydrogens (tertiary/aromatic N) is 1. The molecule has 3 rings (SSSR count). The van der Waals surface area contributed by atoms with E-state index in [1.165, 1.54) is 12.3 Å². The Hall–Kier alpha value is -2.73. The smallest absolute Gasteiger partial charge is 0.271 e. The summed E-state index contributed by atoms with van der Waals surface area (Å²) in [7, 11) is 0. The number of halogens is 2. The van der Waals surface area contributed by atoms with Gasteiger partial charge in [-0.25, -0.2) is 9.82 Å². The Morgan fingerprint density at radius 2 is 1.83 bits per heavy atom. The Labute approximate surface area is 146 Å². The van der Waals surface area contributed by atoms with E-state index in [1.54, 1.807) is 54.6 Å². The van der Waals surface area contributed by atoms with E-state index in [4.69, 9.17) is 4.42 Å². The fraction of sp³-hybridized carbons (Fsp3) is 0. The minimum Gasteiger partial charge on any atom is -0.455 e. The topological polar surface area (TPSA) is 54.6 Å². The molecule has 0 fully saturated rings. The molecule has 0 saturated heterocycles. The van der Waals surface area contributed by atoms with Crippen LogP contribution in [0.15, 0.2) is 74.7 Å². The van der Waals surface area contributed by atoms with E-state index in [9.17, 15) is 9.18 Å². The number of nitrogens with one attached hydrogen (secondary N) is 1. The largest absolute Gasteiger partial charge is 0.455 e. The van der Waals surface area contributed by atoms with Gasteiger partial charge in [-0.2, -0.15) is 5.10 Å². The van der Waals surface area contributed by atoms with Gasteiger partial charge >= 0.3 is 0 Å². The predicted octanol–water partition coefficient (Wildman–Crippen LogP) is 4.61. The molecule has 24 heavy (non-hydrogen) atoms. The van der Waals surface area contributed by atoms with Gasteiger partial charge in [-0.15, -0.1) is 0 Å². The van der Waals surface area contributed by atoms with Crippen molar-refractivity contribution in [3.8, 4) is 11.3 Å². The van der Waals surface area contributed by atoms with E-state index >= 15 is 0 Å². The Kier molecular flexibility index (Phi) is 4.86. The lowest BCUT2D eigenvalue weighted by molar-refractivity contribution is 0.0955. The molecule has 0 unspecified atom stereocenters.